The maximum atomic E-state index is 10.6. The van der Waals surface area contributed by atoms with Crippen LogP contribution < -0.4 is 0 Å². The van der Waals surface area contributed by atoms with Gasteiger partial charge in [-0.25, -0.2) is 0 Å². The number of nitro benzene ring substituents is 1. The first-order chi connectivity index (χ1) is 9.04. The highest BCUT2D eigenvalue weighted by molar-refractivity contribution is 5.32. The van der Waals surface area contributed by atoms with E-state index in [1.54, 1.807) is 12.1 Å². The first-order valence-electron chi connectivity index (χ1n) is 6.63. The van der Waals surface area contributed by atoms with Crippen LogP contribution >= 0.6 is 0 Å². The largest absolute Gasteiger partial charge is 0.396 e. The van der Waals surface area contributed by atoms with E-state index in [2.05, 4.69) is 18.7 Å². The number of nitro groups is 1. The number of hydrogen-bond donors (Lipinski definition) is 1. The molecule has 0 amide bonds. The van der Waals surface area contributed by atoms with Gasteiger partial charge >= 0.3 is 0 Å². The molecule has 0 atom stereocenters. The third kappa shape index (κ3) is 5.36. The van der Waals surface area contributed by atoms with Crippen LogP contribution in [0.4, 0.5) is 5.69 Å². The predicted octanol–water partition coefficient (Wildman–Crippen LogP) is 2.23. The van der Waals surface area contributed by atoms with Crippen LogP contribution in [0.2, 0.25) is 0 Å². The second kappa shape index (κ2) is 7.86. The molecule has 1 N–H and O–H groups in total. The summed E-state index contributed by atoms with van der Waals surface area (Å²) < 4.78 is 0. The van der Waals surface area contributed by atoms with E-state index >= 15 is 0 Å². The lowest BCUT2D eigenvalue weighted by Crippen LogP contribution is -2.34. The number of rotatable bonds is 8. The number of hydrogen-bond acceptors (Lipinski definition) is 4. The summed E-state index contributed by atoms with van der Waals surface area (Å²) in [6.07, 6.45) is 1.64. The molecule has 0 aliphatic carbocycles. The highest BCUT2D eigenvalue weighted by Gasteiger charge is 2.09. The smallest absolute Gasteiger partial charge is 0.269 e. The number of benzene rings is 1. The minimum absolute atomic E-state index is 0.129. The Hall–Kier alpha value is -1.46. The second-order valence-corrected chi connectivity index (χ2v) is 4.88. The fraction of sp³-hybridized carbons (Fsp3) is 0.571. The molecule has 0 bridgehead atoms. The van der Waals surface area contributed by atoms with Crippen molar-refractivity contribution in [2.24, 2.45) is 0 Å². The number of aliphatic hydroxyl groups is 1. The molecule has 0 spiro atoms. The molecule has 0 fully saturated rings. The van der Waals surface area contributed by atoms with Crippen molar-refractivity contribution < 1.29 is 10.0 Å². The zero-order valence-corrected chi connectivity index (χ0v) is 11.6. The quantitative estimate of drug-likeness (QED) is 0.579. The zero-order valence-electron chi connectivity index (χ0n) is 11.6. The van der Waals surface area contributed by atoms with E-state index < -0.39 is 0 Å². The van der Waals surface area contributed by atoms with Crippen molar-refractivity contribution >= 4 is 5.69 Å². The summed E-state index contributed by atoms with van der Waals surface area (Å²) in [5.74, 6) is 0. The van der Waals surface area contributed by atoms with Crippen molar-refractivity contribution in [1.82, 2.24) is 4.90 Å². The van der Waals surface area contributed by atoms with E-state index in [1.165, 1.54) is 0 Å². The maximum absolute atomic E-state index is 10.6. The van der Waals surface area contributed by atoms with Gasteiger partial charge in [-0.1, -0.05) is 12.1 Å². The Bertz CT molecular complexity index is 390. The minimum atomic E-state index is -0.383. The van der Waals surface area contributed by atoms with Gasteiger partial charge in [0.25, 0.3) is 5.69 Å². The molecule has 5 nitrogen and oxygen atoms in total. The molecule has 0 saturated carbocycles. The van der Waals surface area contributed by atoms with Gasteiger partial charge in [-0.2, -0.15) is 0 Å². The summed E-state index contributed by atoms with van der Waals surface area (Å²) in [5, 5.41) is 19.4. The van der Waals surface area contributed by atoms with Gasteiger partial charge in [-0.15, -0.1) is 0 Å². The van der Waals surface area contributed by atoms with Crippen molar-refractivity contribution in [3.63, 3.8) is 0 Å². The Morgan fingerprint density at radius 3 is 2.37 bits per heavy atom. The molecule has 0 saturated heterocycles. The minimum Gasteiger partial charge on any atom is -0.396 e. The van der Waals surface area contributed by atoms with Gasteiger partial charge in [0.1, 0.15) is 0 Å². The highest BCUT2D eigenvalue weighted by atomic mass is 16.6. The first kappa shape index (κ1) is 15.6. The molecule has 5 heteroatoms. The van der Waals surface area contributed by atoms with Crippen LogP contribution in [0.3, 0.4) is 0 Å². The summed E-state index contributed by atoms with van der Waals surface area (Å²) in [4.78, 5) is 12.5. The van der Waals surface area contributed by atoms with E-state index in [4.69, 9.17) is 5.11 Å². The van der Waals surface area contributed by atoms with E-state index in [0.29, 0.717) is 6.04 Å². The lowest BCUT2D eigenvalue weighted by atomic mass is 10.1. The highest BCUT2D eigenvalue weighted by Crippen LogP contribution is 2.13. The molecule has 0 radical (unpaired) electrons. The van der Waals surface area contributed by atoms with Gasteiger partial charge in [0, 0.05) is 37.9 Å². The molecule has 0 aliphatic rings. The van der Waals surface area contributed by atoms with Crippen molar-refractivity contribution in [2.75, 3.05) is 19.7 Å². The second-order valence-electron chi connectivity index (χ2n) is 4.88. The molecular formula is C14H22N2O3. The normalized spacial score (nSPS) is 11.2. The maximum Gasteiger partial charge on any atom is 0.269 e. The molecule has 106 valence electrons. The van der Waals surface area contributed by atoms with Crippen LogP contribution in [0.1, 0.15) is 25.8 Å². The third-order valence-electron chi connectivity index (χ3n) is 3.17. The third-order valence-corrected chi connectivity index (χ3v) is 3.17. The molecule has 1 aromatic carbocycles. The van der Waals surface area contributed by atoms with Crippen LogP contribution in [-0.2, 0) is 6.42 Å². The Kier molecular flexibility index (Phi) is 6.45. The predicted molar refractivity (Wildman–Crippen MR) is 75.2 cm³/mol. The van der Waals surface area contributed by atoms with Crippen LogP contribution in [0.15, 0.2) is 24.3 Å². The van der Waals surface area contributed by atoms with E-state index in [-0.39, 0.29) is 17.2 Å². The molecule has 0 unspecified atom stereocenters. The molecule has 19 heavy (non-hydrogen) atoms. The van der Waals surface area contributed by atoms with Gasteiger partial charge in [0.05, 0.1) is 4.92 Å². The van der Waals surface area contributed by atoms with Crippen molar-refractivity contribution in [2.45, 2.75) is 32.7 Å². The standard InChI is InChI=1S/C14H22N2O3/c1-12(2)15(9-3-11-17)10-8-13-4-6-14(7-5-13)16(18)19/h4-7,12,17H,3,8-11H2,1-2H3. The Morgan fingerprint density at radius 1 is 1.26 bits per heavy atom. The fourth-order valence-corrected chi connectivity index (χ4v) is 1.96. The molecule has 1 aromatic rings. The monoisotopic (exact) mass is 266 g/mol. The topological polar surface area (TPSA) is 66.6 Å². The van der Waals surface area contributed by atoms with Crippen LogP contribution in [0, 0.1) is 10.1 Å². The number of aliphatic hydroxyl groups excluding tert-OH is 1. The molecule has 0 aliphatic heterocycles. The van der Waals surface area contributed by atoms with Crippen molar-refractivity contribution in [3.8, 4) is 0 Å². The average Bonchev–Trinajstić information content (AvgIpc) is 2.39. The van der Waals surface area contributed by atoms with Gasteiger partial charge in [-0.05, 0) is 32.3 Å². The molecule has 0 heterocycles. The lowest BCUT2D eigenvalue weighted by molar-refractivity contribution is -0.384. The Balaban J connectivity index is 2.51. The summed E-state index contributed by atoms with van der Waals surface area (Å²) in [6, 6.07) is 7.14. The van der Waals surface area contributed by atoms with Gasteiger partial charge in [-0.3, -0.25) is 10.1 Å². The van der Waals surface area contributed by atoms with Crippen LogP contribution in [0.5, 0.6) is 0 Å². The number of non-ortho nitro benzene ring substituents is 1. The van der Waals surface area contributed by atoms with E-state index in [0.717, 1.165) is 31.5 Å². The zero-order chi connectivity index (χ0) is 14.3. The van der Waals surface area contributed by atoms with E-state index in [9.17, 15) is 10.1 Å². The van der Waals surface area contributed by atoms with Gasteiger partial charge in [0.2, 0.25) is 0 Å². The van der Waals surface area contributed by atoms with Crippen molar-refractivity contribution in [1.29, 1.82) is 0 Å². The Morgan fingerprint density at radius 2 is 1.89 bits per heavy atom. The molecule has 1 rings (SSSR count). The SMILES string of the molecule is CC(C)N(CCCO)CCc1ccc([N+](=O)[O-])cc1. The van der Waals surface area contributed by atoms with Crippen LogP contribution in [0.25, 0.3) is 0 Å². The average molecular weight is 266 g/mol. The summed E-state index contributed by atoms with van der Waals surface area (Å²) in [7, 11) is 0. The summed E-state index contributed by atoms with van der Waals surface area (Å²) in [6.45, 7) is 6.25. The molecule has 0 aromatic heterocycles. The number of nitrogens with zero attached hydrogens (tertiary/aromatic N) is 2. The Labute approximate surface area is 114 Å². The van der Waals surface area contributed by atoms with Gasteiger partial charge < -0.3 is 10.0 Å². The fourth-order valence-electron chi connectivity index (χ4n) is 1.96. The summed E-state index contributed by atoms with van der Waals surface area (Å²) in [5.41, 5.74) is 1.23. The molecular weight excluding hydrogens is 244 g/mol. The lowest BCUT2D eigenvalue weighted by Gasteiger charge is -2.26. The summed E-state index contributed by atoms with van der Waals surface area (Å²) >= 11 is 0. The van der Waals surface area contributed by atoms with Crippen molar-refractivity contribution in [3.05, 3.63) is 39.9 Å². The first-order valence-corrected chi connectivity index (χ1v) is 6.63. The van der Waals surface area contributed by atoms with Gasteiger partial charge in [0.15, 0.2) is 0 Å². The van der Waals surface area contributed by atoms with Crippen LogP contribution in [-0.4, -0.2) is 40.7 Å². The van der Waals surface area contributed by atoms with E-state index in [1.807, 2.05) is 12.1 Å².